The molecule has 12 rings (SSSR count). The lowest BCUT2D eigenvalue weighted by Gasteiger charge is -2.40. The maximum absolute atomic E-state index is 7.21. The van der Waals surface area contributed by atoms with E-state index in [9.17, 15) is 0 Å². The van der Waals surface area contributed by atoms with Crippen molar-refractivity contribution in [3.63, 3.8) is 0 Å². The Balaban J connectivity index is 1.15. The van der Waals surface area contributed by atoms with Crippen LogP contribution in [0, 0.1) is 0 Å². The fourth-order valence-electron chi connectivity index (χ4n) is 9.80. The van der Waals surface area contributed by atoms with Crippen LogP contribution in [0.15, 0.2) is 218 Å². The Bertz CT molecular complexity index is 3260. The third-order valence-electron chi connectivity index (χ3n) is 12.3. The summed E-state index contributed by atoms with van der Waals surface area (Å²) in [5, 5.41) is 10.1. The van der Waals surface area contributed by atoms with Crippen molar-refractivity contribution in [2.75, 3.05) is 0 Å². The molecule has 2 aromatic heterocycles. The second kappa shape index (κ2) is 12.8. The zero-order chi connectivity index (χ0) is 38.2. The molecule has 3 heterocycles. The number of benzene rings is 9. The molecule has 1 aliphatic heterocycles. The summed E-state index contributed by atoms with van der Waals surface area (Å²) in [6, 6.07) is 80.0. The van der Waals surface area contributed by atoms with Crippen LogP contribution < -0.4 is 25.5 Å². The van der Waals surface area contributed by atoms with Gasteiger partial charge in [0.25, 0.3) is 0 Å². The van der Waals surface area contributed by atoms with Crippen LogP contribution in [-0.2, 0) is 0 Å². The van der Waals surface area contributed by atoms with E-state index in [4.69, 9.17) is 4.74 Å². The normalized spacial score (nSPS) is 14.8. The average Bonchev–Trinajstić information content (AvgIpc) is 3.82. The molecule has 0 radical (unpaired) electrons. The Morgan fingerprint density at radius 1 is 0.328 bits per heavy atom. The van der Waals surface area contributed by atoms with Crippen molar-refractivity contribution in [3.8, 4) is 34.0 Å². The molecular weight excluding hydrogens is 721 g/mol. The van der Waals surface area contributed by atoms with Gasteiger partial charge in [-0.25, -0.2) is 0 Å². The molecular formula is C54H36N2OSi. The van der Waals surface area contributed by atoms with Gasteiger partial charge in [-0.15, -0.1) is 0 Å². The number of rotatable bonds is 5. The van der Waals surface area contributed by atoms with Crippen LogP contribution in [0.4, 0.5) is 0 Å². The highest BCUT2D eigenvalue weighted by molar-refractivity contribution is 7.20. The molecule has 58 heavy (non-hydrogen) atoms. The van der Waals surface area contributed by atoms with Gasteiger partial charge in [-0.05, 0) is 80.4 Å². The van der Waals surface area contributed by atoms with Crippen LogP contribution in [0.3, 0.4) is 0 Å². The highest BCUT2D eigenvalue weighted by Gasteiger charge is 2.49. The van der Waals surface area contributed by atoms with Gasteiger partial charge in [-0.1, -0.05) is 170 Å². The first-order valence-electron chi connectivity index (χ1n) is 19.9. The molecule has 1 atom stereocenters. The van der Waals surface area contributed by atoms with Crippen LogP contribution in [-0.4, -0.2) is 17.2 Å². The van der Waals surface area contributed by atoms with Gasteiger partial charge in [0.2, 0.25) is 0 Å². The number of fused-ring (bicyclic) bond motifs is 8. The minimum absolute atomic E-state index is 0.911. The molecule has 11 aromatic rings. The smallest absolute Gasteiger partial charge is 0.188 e. The van der Waals surface area contributed by atoms with Crippen LogP contribution in [0.5, 0.6) is 11.5 Å². The van der Waals surface area contributed by atoms with E-state index in [0.29, 0.717) is 0 Å². The largest absolute Gasteiger partial charge is 0.455 e. The first-order chi connectivity index (χ1) is 28.8. The summed E-state index contributed by atoms with van der Waals surface area (Å²) in [5.41, 5.74) is 9.34. The molecule has 0 saturated heterocycles. The minimum Gasteiger partial charge on any atom is -0.455 e. The van der Waals surface area contributed by atoms with E-state index < -0.39 is 8.07 Å². The van der Waals surface area contributed by atoms with Crippen LogP contribution in [0.2, 0.25) is 0 Å². The van der Waals surface area contributed by atoms with Crippen LogP contribution >= 0.6 is 0 Å². The summed E-state index contributed by atoms with van der Waals surface area (Å²) in [5.74, 6) is 1.83. The predicted octanol–water partition coefficient (Wildman–Crippen LogP) is 11.0. The summed E-state index contributed by atoms with van der Waals surface area (Å²) in [4.78, 5) is 0. The van der Waals surface area contributed by atoms with Crippen molar-refractivity contribution >= 4 is 72.4 Å². The Labute approximate surface area is 337 Å². The SMILES string of the molecule is c1ccc(-c2ccc([Si]3(c4ccc(-n5c6ccccc6c6ccccc65)cc4)c4ccccc4Oc4c(-n5c6ccccc6c6ccccc65)cccc43)cc2)cc1. The Morgan fingerprint density at radius 2 is 0.776 bits per heavy atom. The third kappa shape index (κ3) is 4.67. The molecule has 0 aliphatic carbocycles. The van der Waals surface area contributed by atoms with E-state index in [2.05, 4.69) is 228 Å². The van der Waals surface area contributed by atoms with Crippen LogP contribution in [0.25, 0.3) is 66.1 Å². The number of nitrogens with zero attached hydrogens (tertiary/aromatic N) is 2. The summed E-state index contributed by atoms with van der Waals surface area (Å²) >= 11 is 0. The van der Waals surface area contributed by atoms with E-state index in [-0.39, 0.29) is 0 Å². The molecule has 0 spiro atoms. The van der Waals surface area contributed by atoms with Gasteiger partial charge in [0.15, 0.2) is 13.8 Å². The van der Waals surface area contributed by atoms with Gasteiger partial charge >= 0.3 is 0 Å². The summed E-state index contributed by atoms with van der Waals surface area (Å²) < 4.78 is 12.0. The van der Waals surface area contributed by atoms with E-state index in [1.807, 2.05) is 0 Å². The van der Waals surface area contributed by atoms with Crippen molar-refractivity contribution in [2.45, 2.75) is 0 Å². The molecule has 9 aromatic carbocycles. The van der Waals surface area contributed by atoms with Gasteiger partial charge in [-0.2, -0.15) is 0 Å². The Kier molecular flexibility index (Phi) is 7.25. The quantitative estimate of drug-likeness (QED) is 0.160. The monoisotopic (exact) mass is 756 g/mol. The fraction of sp³-hybridized carbons (Fsp3) is 0. The summed E-state index contributed by atoms with van der Waals surface area (Å²) in [6.07, 6.45) is 0. The highest BCUT2D eigenvalue weighted by Crippen LogP contribution is 2.39. The second-order valence-corrected chi connectivity index (χ2v) is 19.0. The Morgan fingerprint density at radius 3 is 1.36 bits per heavy atom. The second-order valence-electron chi connectivity index (χ2n) is 15.2. The highest BCUT2D eigenvalue weighted by atomic mass is 28.3. The molecule has 0 saturated carbocycles. The lowest BCUT2D eigenvalue weighted by Crippen LogP contribution is -2.76. The van der Waals surface area contributed by atoms with E-state index in [1.54, 1.807) is 0 Å². The number of hydrogen-bond acceptors (Lipinski definition) is 1. The minimum atomic E-state index is -3.04. The molecule has 0 bridgehead atoms. The fourth-order valence-corrected chi connectivity index (χ4v) is 14.7. The standard InChI is InChI=1S/C54H36N2OSi/c1-2-15-37(16-3-1)38-29-33-40(34-30-38)58(41-35-31-39(32-36-41)55-46-21-8-4-17-42(46)43-18-5-9-22-47(43)55)52-27-13-12-26-51(52)57-54-50(25-14-28-53(54)58)56-48-23-10-6-19-44(48)45-20-7-11-24-49(45)56/h1-36H. The first kappa shape index (κ1) is 32.8. The lowest BCUT2D eigenvalue weighted by molar-refractivity contribution is 0.485. The third-order valence-corrected chi connectivity index (χ3v) is 17.1. The number of ether oxygens (including phenoxy) is 1. The van der Waals surface area contributed by atoms with Crippen molar-refractivity contribution in [2.24, 2.45) is 0 Å². The lowest BCUT2D eigenvalue weighted by atomic mass is 10.1. The number of para-hydroxylation sites is 6. The number of aromatic nitrogens is 2. The van der Waals surface area contributed by atoms with Gasteiger partial charge in [0, 0.05) is 27.2 Å². The van der Waals surface area contributed by atoms with Gasteiger partial charge < -0.3 is 13.9 Å². The van der Waals surface area contributed by atoms with Gasteiger partial charge in [0.1, 0.15) is 5.75 Å². The van der Waals surface area contributed by atoms with Crippen molar-refractivity contribution in [1.82, 2.24) is 9.13 Å². The van der Waals surface area contributed by atoms with Crippen molar-refractivity contribution in [1.29, 1.82) is 0 Å². The average molecular weight is 757 g/mol. The predicted molar refractivity (Wildman–Crippen MR) is 244 cm³/mol. The zero-order valence-electron chi connectivity index (χ0n) is 31.6. The molecule has 0 N–H and O–H groups in total. The molecule has 3 nitrogen and oxygen atoms in total. The van der Waals surface area contributed by atoms with Gasteiger partial charge in [0.05, 0.1) is 27.8 Å². The van der Waals surface area contributed by atoms with Crippen molar-refractivity contribution in [3.05, 3.63) is 218 Å². The molecule has 4 heteroatoms. The van der Waals surface area contributed by atoms with Crippen LogP contribution in [0.1, 0.15) is 0 Å². The molecule has 0 amide bonds. The summed E-state index contributed by atoms with van der Waals surface area (Å²) in [6.45, 7) is 0. The maximum Gasteiger partial charge on any atom is 0.188 e. The number of hydrogen-bond donors (Lipinski definition) is 0. The van der Waals surface area contributed by atoms with E-state index in [1.165, 1.54) is 64.5 Å². The molecule has 1 aliphatic rings. The van der Waals surface area contributed by atoms with Gasteiger partial charge in [-0.3, -0.25) is 0 Å². The molecule has 272 valence electrons. The Hall–Kier alpha value is -7.40. The topological polar surface area (TPSA) is 19.1 Å². The maximum atomic E-state index is 7.21. The molecule has 1 unspecified atom stereocenters. The van der Waals surface area contributed by atoms with E-state index >= 15 is 0 Å². The van der Waals surface area contributed by atoms with Crippen molar-refractivity contribution < 1.29 is 4.74 Å². The summed E-state index contributed by atoms with van der Waals surface area (Å²) in [7, 11) is -3.04. The zero-order valence-corrected chi connectivity index (χ0v) is 32.6. The first-order valence-corrected chi connectivity index (χ1v) is 21.9. The molecule has 0 fully saturated rings. The van der Waals surface area contributed by atoms with E-state index in [0.717, 1.165) is 33.9 Å².